The Bertz CT molecular complexity index is 1040. The van der Waals surface area contributed by atoms with Crippen molar-refractivity contribution in [3.8, 4) is 0 Å². The zero-order chi connectivity index (χ0) is 23.3. The highest BCUT2D eigenvalue weighted by Gasteiger charge is 2.40. The van der Waals surface area contributed by atoms with E-state index in [0.717, 1.165) is 0 Å². The highest BCUT2D eigenvalue weighted by Crippen LogP contribution is 2.51. The third-order valence-corrected chi connectivity index (χ3v) is 5.19. The second-order valence-electron chi connectivity index (χ2n) is 6.45. The molecule has 0 bridgehead atoms. The van der Waals surface area contributed by atoms with Crippen LogP contribution in [0.3, 0.4) is 0 Å². The maximum absolute atomic E-state index is 13.2. The molecule has 0 spiro atoms. The van der Waals surface area contributed by atoms with Crippen LogP contribution in [-0.4, -0.2) is 17.9 Å². The van der Waals surface area contributed by atoms with E-state index in [1.807, 2.05) is 0 Å². The summed E-state index contributed by atoms with van der Waals surface area (Å²) in [5.41, 5.74) is 17.6. The van der Waals surface area contributed by atoms with Crippen molar-refractivity contribution in [2.24, 2.45) is 0 Å². The molecule has 0 radical (unpaired) electrons. The summed E-state index contributed by atoms with van der Waals surface area (Å²) >= 11 is 0. The van der Waals surface area contributed by atoms with Gasteiger partial charge >= 0.3 is 25.7 Å². The van der Waals surface area contributed by atoms with Gasteiger partial charge in [0.15, 0.2) is 0 Å². The first-order chi connectivity index (χ1) is 15.1. The number of nitrogens with two attached hydrogens (primary N) is 3. The Morgan fingerprint density at radius 2 is 0.719 bits per heavy atom. The normalized spacial score (nSPS) is 10.8. The molecule has 6 N–H and O–H groups in total. The van der Waals surface area contributed by atoms with Gasteiger partial charge in [0, 0.05) is 17.1 Å². The highest BCUT2D eigenvalue weighted by atomic mass is 31.2. The van der Waals surface area contributed by atoms with Crippen molar-refractivity contribution in [1.82, 2.24) is 0 Å². The number of carbonyl (C=O) groups is 3. The van der Waals surface area contributed by atoms with Gasteiger partial charge in [-0.05, 0) is 72.8 Å². The van der Waals surface area contributed by atoms with E-state index in [4.69, 9.17) is 30.8 Å². The summed E-state index contributed by atoms with van der Waals surface area (Å²) in [5, 5.41) is 0. The van der Waals surface area contributed by atoms with Crippen LogP contribution in [0.15, 0.2) is 72.8 Å². The van der Waals surface area contributed by atoms with Gasteiger partial charge in [-0.25, -0.2) is 14.4 Å². The standard InChI is InChI=1S/C21H18N3O7P/c22-16-7-1-13(2-8-16)19(25)29-32(28,30-20(26)14-3-9-17(23)10-4-14)31-21(27)15-5-11-18(24)12-6-15/h1-12H,22-24H2. The van der Waals surface area contributed by atoms with Crippen LogP contribution in [-0.2, 0) is 18.1 Å². The first-order valence-electron chi connectivity index (χ1n) is 9.04. The summed E-state index contributed by atoms with van der Waals surface area (Å²) in [4.78, 5) is 37.3. The summed E-state index contributed by atoms with van der Waals surface area (Å²) in [7, 11) is -5.06. The van der Waals surface area contributed by atoms with Crippen LogP contribution in [0.2, 0.25) is 0 Å². The van der Waals surface area contributed by atoms with Gasteiger partial charge in [0.25, 0.3) is 0 Å². The lowest BCUT2D eigenvalue weighted by atomic mass is 10.2. The van der Waals surface area contributed by atoms with Gasteiger partial charge < -0.3 is 30.8 Å². The van der Waals surface area contributed by atoms with E-state index in [-0.39, 0.29) is 16.7 Å². The van der Waals surface area contributed by atoms with E-state index in [9.17, 15) is 18.9 Å². The number of hydrogen-bond acceptors (Lipinski definition) is 10. The summed E-state index contributed by atoms with van der Waals surface area (Å²) in [6.45, 7) is 0. The minimum Gasteiger partial charge on any atom is -0.399 e. The van der Waals surface area contributed by atoms with E-state index in [1.165, 1.54) is 72.8 Å². The molecule has 3 aromatic carbocycles. The van der Waals surface area contributed by atoms with Crippen molar-refractivity contribution in [1.29, 1.82) is 0 Å². The van der Waals surface area contributed by atoms with Crippen LogP contribution in [0.5, 0.6) is 0 Å². The largest absolute Gasteiger partial charge is 0.654 e. The molecular formula is C21H18N3O7P. The number of nitrogen functional groups attached to an aromatic ring is 3. The Morgan fingerprint density at radius 1 is 0.500 bits per heavy atom. The SMILES string of the molecule is Nc1ccc(C(=O)OP(=O)(OC(=O)c2ccc(N)cc2)OC(=O)c2ccc(N)cc2)cc1. The minimum absolute atomic E-state index is 0.0634. The van der Waals surface area contributed by atoms with E-state index in [2.05, 4.69) is 0 Å². The molecule has 0 saturated carbocycles. The lowest BCUT2D eigenvalue weighted by Gasteiger charge is -2.16. The first kappa shape index (κ1) is 22.4. The fourth-order valence-electron chi connectivity index (χ4n) is 2.38. The van der Waals surface area contributed by atoms with Gasteiger partial charge in [-0.3, -0.25) is 0 Å². The molecule has 3 rings (SSSR count). The van der Waals surface area contributed by atoms with Crippen molar-refractivity contribution in [3.05, 3.63) is 89.5 Å². The van der Waals surface area contributed by atoms with Crippen LogP contribution in [0, 0.1) is 0 Å². The number of hydrogen-bond donors (Lipinski definition) is 3. The van der Waals surface area contributed by atoms with E-state index in [0.29, 0.717) is 17.1 Å². The molecule has 0 heterocycles. The quantitative estimate of drug-likeness (QED) is 0.369. The molecule has 32 heavy (non-hydrogen) atoms. The predicted molar refractivity (Wildman–Crippen MR) is 116 cm³/mol. The van der Waals surface area contributed by atoms with Crippen LogP contribution in [0.1, 0.15) is 31.1 Å². The van der Waals surface area contributed by atoms with Crippen molar-refractivity contribution in [2.45, 2.75) is 0 Å². The Balaban J connectivity index is 1.86. The second-order valence-corrected chi connectivity index (χ2v) is 7.89. The molecule has 0 atom stereocenters. The Labute approximate surface area is 182 Å². The molecule has 0 saturated heterocycles. The molecule has 11 heteroatoms. The average Bonchev–Trinajstić information content (AvgIpc) is 2.74. The summed E-state index contributed by atoms with van der Waals surface area (Å²) in [6, 6.07) is 16.2. The number of anilines is 3. The predicted octanol–water partition coefficient (Wildman–Crippen LogP) is 3.41. The zero-order valence-corrected chi connectivity index (χ0v) is 17.4. The minimum atomic E-state index is -5.06. The lowest BCUT2D eigenvalue weighted by Crippen LogP contribution is -2.14. The summed E-state index contributed by atoms with van der Waals surface area (Å²) in [5.74, 6) is -3.49. The van der Waals surface area contributed by atoms with E-state index < -0.39 is 25.7 Å². The molecule has 0 fully saturated rings. The lowest BCUT2D eigenvalue weighted by molar-refractivity contribution is 0.0471. The van der Waals surface area contributed by atoms with E-state index in [1.54, 1.807) is 0 Å². The van der Waals surface area contributed by atoms with Crippen LogP contribution in [0.25, 0.3) is 0 Å². The third-order valence-electron chi connectivity index (χ3n) is 4.02. The maximum atomic E-state index is 13.2. The molecule has 0 aliphatic heterocycles. The number of phosphoric acid groups is 1. The summed E-state index contributed by atoms with van der Waals surface area (Å²) < 4.78 is 27.7. The van der Waals surface area contributed by atoms with Crippen LogP contribution >= 0.6 is 7.82 Å². The zero-order valence-electron chi connectivity index (χ0n) is 16.5. The molecule has 164 valence electrons. The molecule has 10 nitrogen and oxygen atoms in total. The fourth-order valence-corrected chi connectivity index (χ4v) is 3.41. The fraction of sp³-hybridized carbons (Fsp3) is 0. The monoisotopic (exact) mass is 455 g/mol. The molecule has 0 aromatic heterocycles. The Kier molecular flexibility index (Phi) is 6.46. The van der Waals surface area contributed by atoms with E-state index >= 15 is 0 Å². The van der Waals surface area contributed by atoms with Crippen molar-refractivity contribution >= 4 is 42.8 Å². The highest BCUT2D eigenvalue weighted by molar-refractivity contribution is 7.50. The first-order valence-corrected chi connectivity index (χ1v) is 10.5. The molecule has 0 amide bonds. The Morgan fingerprint density at radius 3 is 0.938 bits per heavy atom. The van der Waals surface area contributed by atoms with Gasteiger partial charge in [0.05, 0.1) is 16.7 Å². The smallest absolute Gasteiger partial charge is 0.399 e. The van der Waals surface area contributed by atoms with Gasteiger partial charge in [-0.15, -0.1) is 0 Å². The average molecular weight is 455 g/mol. The van der Waals surface area contributed by atoms with Crippen molar-refractivity contribution in [3.63, 3.8) is 0 Å². The van der Waals surface area contributed by atoms with Gasteiger partial charge in [0.2, 0.25) is 0 Å². The topological polar surface area (TPSA) is 174 Å². The van der Waals surface area contributed by atoms with Crippen molar-refractivity contribution < 1.29 is 32.5 Å². The van der Waals surface area contributed by atoms with Gasteiger partial charge in [0.1, 0.15) is 0 Å². The Hall–Kier alpha value is -4.30. The molecule has 0 unspecified atom stereocenters. The number of rotatable bonds is 6. The van der Waals surface area contributed by atoms with Gasteiger partial charge in [-0.2, -0.15) is 4.57 Å². The molecule has 0 aliphatic rings. The van der Waals surface area contributed by atoms with Crippen LogP contribution in [0.4, 0.5) is 17.1 Å². The number of phosphoric ester groups is 1. The van der Waals surface area contributed by atoms with Gasteiger partial charge in [-0.1, -0.05) is 0 Å². The van der Waals surface area contributed by atoms with Crippen molar-refractivity contribution in [2.75, 3.05) is 17.2 Å². The number of carbonyl (C=O) groups excluding carboxylic acids is 3. The molecule has 0 aliphatic carbocycles. The maximum Gasteiger partial charge on any atom is 0.654 e. The molecular weight excluding hydrogens is 437 g/mol. The van der Waals surface area contributed by atoms with Crippen LogP contribution < -0.4 is 17.2 Å². The number of benzene rings is 3. The second kappa shape index (κ2) is 9.23. The summed E-state index contributed by atoms with van der Waals surface area (Å²) in [6.07, 6.45) is 0. The molecule has 3 aromatic rings. The third kappa shape index (κ3) is 5.65.